The largest absolute Gasteiger partial charge is 0.382 e. The highest BCUT2D eigenvalue weighted by Crippen LogP contribution is 2.20. The van der Waals surface area contributed by atoms with E-state index in [-0.39, 0.29) is 5.91 Å². The highest BCUT2D eigenvalue weighted by molar-refractivity contribution is 9.10. The number of benzene rings is 1. The molecule has 0 saturated carbocycles. The first-order chi connectivity index (χ1) is 10.6. The van der Waals surface area contributed by atoms with Crippen molar-refractivity contribution < 1.29 is 9.63 Å². The molecule has 0 aliphatic carbocycles. The van der Waals surface area contributed by atoms with Gasteiger partial charge in [0, 0.05) is 22.7 Å². The van der Waals surface area contributed by atoms with Gasteiger partial charge in [-0.3, -0.25) is 4.79 Å². The van der Waals surface area contributed by atoms with Crippen molar-refractivity contribution in [2.24, 2.45) is 5.16 Å². The first-order valence-electron chi connectivity index (χ1n) is 6.53. The summed E-state index contributed by atoms with van der Waals surface area (Å²) in [6, 6.07) is 11.0. The number of carbonyl (C=O) groups excluding carboxylic acids is 1. The van der Waals surface area contributed by atoms with E-state index >= 15 is 0 Å². The van der Waals surface area contributed by atoms with Crippen molar-refractivity contribution in [2.45, 2.75) is 12.5 Å². The van der Waals surface area contributed by atoms with E-state index in [2.05, 4.69) is 31.4 Å². The number of oxime groups is 1. The Morgan fingerprint density at radius 3 is 2.95 bits per heavy atom. The third kappa shape index (κ3) is 3.45. The molecule has 0 spiro atoms. The molecule has 1 aromatic carbocycles. The zero-order valence-corrected chi connectivity index (χ0v) is 13.6. The molecule has 112 valence electrons. The van der Waals surface area contributed by atoms with Gasteiger partial charge in [0.05, 0.1) is 10.7 Å². The molecular weight excluding hydrogens is 370 g/mol. The van der Waals surface area contributed by atoms with Crippen LogP contribution in [0.5, 0.6) is 0 Å². The van der Waals surface area contributed by atoms with Crippen LogP contribution in [0.2, 0.25) is 5.02 Å². The van der Waals surface area contributed by atoms with Gasteiger partial charge in [-0.15, -0.1) is 0 Å². The van der Waals surface area contributed by atoms with Crippen LogP contribution in [-0.2, 0) is 9.63 Å². The standard InChI is InChI=1S/C15H11BrClN3O2/c16-10-3-1-2-9(6-10)12-7-13(22-20-12)15(21)19-14-5-4-11(17)8-18-14/h1-6,8,13H,7H2,(H,18,19,21). The minimum absolute atomic E-state index is 0.288. The summed E-state index contributed by atoms with van der Waals surface area (Å²) in [6.45, 7) is 0. The van der Waals surface area contributed by atoms with Gasteiger partial charge in [0.1, 0.15) is 5.82 Å². The second kappa shape index (κ2) is 6.46. The molecule has 7 heteroatoms. The molecule has 1 amide bonds. The second-order valence-electron chi connectivity index (χ2n) is 4.70. The summed E-state index contributed by atoms with van der Waals surface area (Å²) in [7, 11) is 0. The fourth-order valence-electron chi connectivity index (χ4n) is 2.01. The lowest BCUT2D eigenvalue weighted by atomic mass is 10.0. The average Bonchev–Trinajstić information content (AvgIpc) is 3.00. The predicted molar refractivity (Wildman–Crippen MR) is 88.0 cm³/mol. The minimum Gasteiger partial charge on any atom is -0.382 e. The fraction of sp³-hybridized carbons (Fsp3) is 0.133. The van der Waals surface area contributed by atoms with E-state index < -0.39 is 6.10 Å². The van der Waals surface area contributed by atoms with E-state index in [9.17, 15) is 4.79 Å². The molecular formula is C15H11BrClN3O2. The van der Waals surface area contributed by atoms with E-state index in [1.807, 2.05) is 24.3 Å². The van der Waals surface area contributed by atoms with Crippen molar-refractivity contribution >= 4 is 45.0 Å². The summed E-state index contributed by atoms with van der Waals surface area (Å²) < 4.78 is 0.950. The molecule has 1 unspecified atom stereocenters. The van der Waals surface area contributed by atoms with Crippen LogP contribution >= 0.6 is 27.5 Å². The SMILES string of the molecule is O=C(Nc1ccc(Cl)cn1)C1CC(c2cccc(Br)c2)=NO1. The van der Waals surface area contributed by atoms with Gasteiger partial charge in [0.15, 0.2) is 0 Å². The number of nitrogens with zero attached hydrogens (tertiary/aromatic N) is 2. The summed E-state index contributed by atoms with van der Waals surface area (Å²) in [4.78, 5) is 21.4. The van der Waals surface area contributed by atoms with Crippen molar-refractivity contribution in [2.75, 3.05) is 5.32 Å². The number of rotatable bonds is 3. The second-order valence-corrected chi connectivity index (χ2v) is 6.05. The number of amides is 1. The predicted octanol–water partition coefficient (Wildman–Crippen LogP) is 3.63. The number of carbonyl (C=O) groups is 1. The lowest BCUT2D eigenvalue weighted by Crippen LogP contribution is -2.28. The topological polar surface area (TPSA) is 63.6 Å². The third-order valence-electron chi connectivity index (χ3n) is 3.10. The van der Waals surface area contributed by atoms with Gasteiger partial charge in [-0.2, -0.15) is 0 Å². The minimum atomic E-state index is -0.661. The highest BCUT2D eigenvalue weighted by Gasteiger charge is 2.29. The molecule has 1 atom stereocenters. The zero-order chi connectivity index (χ0) is 15.5. The molecule has 2 heterocycles. The van der Waals surface area contributed by atoms with E-state index in [4.69, 9.17) is 16.4 Å². The van der Waals surface area contributed by atoms with E-state index in [0.717, 1.165) is 15.7 Å². The molecule has 1 N–H and O–H groups in total. The molecule has 0 saturated heterocycles. The van der Waals surface area contributed by atoms with Crippen molar-refractivity contribution in [3.05, 3.63) is 57.7 Å². The van der Waals surface area contributed by atoms with Gasteiger partial charge in [-0.05, 0) is 24.3 Å². The van der Waals surface area contributed by atoms with Crippen LogP contribution in [0.3, 0.4) is 0 Å². The molecule has 0 fully saturated rings. The first-order valence-corrected chi connectivity index (χ1v) is 7.70. The van der Waals surface area contributed by atoms with E-state index in [1.165, 1.54) is 6.20 Å². The van der Waals surface area contributed by atoms with Crippen LogP contribution in [0.4, 0.5) is 5.82 Å². The maximum Gasteiger partial charge on any atom is 0.269 e. The number of halogens is 2. The monoisotopic (exact) mass is 379 g/mol. The van der Waals surface area contributed by atoms with Crippen molar-refractivity contribution in [3.8, 4) is 0 Å². The van der Waals surface area contributed by atoms with E-state index in [0.29, 0.717) is 17.3 Å². The van der Waals surface area contributed by atoms with Gasteiger partial charge in [-0.1, -0.05) is 44.8 Å². The molecule has 5 nitrogen and oxygen atoms in total. The maximum absolute atomic E-state index is 12.2. The quantitative estimate of drug-likeness (QED) is 0.884. The number of nitrogens with one attached hydrogen (secondary N) is 1. The van der Waals surface area contributed by atoms with Crippen molar-refractivity contribution in [1.82, 2.24) is 4.98 Å². The summed E-state index contributed by atoms with van der Waals surface area (Å²) in [5, 5.41) is 7.19. The number of hydrogen-bond acceptors (Lipinski definition) is 4. The first kappa shape index (κ1) is 15.0. The Hall–Kier alpha value is -1.92. The fourth-order valence-corrected chi connectivity index (χ4v) is 2.52. The Morgan fingerprint density at radius 1 is 1.36 bits per heavy atom. The van der Waals surface area contributed by atoms with Crippen LogP contribution < -0.4 is 5.32 Å². The zero-order valence-electron chi connectivity index (χ0n) is 11.3. The van der Waals surface area contributed by atoms with Gasteiger partial charge < -0.3 is 10.2 Å². The van der Waals surface area contributed by atoms with Crippen molar-refractivity contribution in [3.63, 3.8) is 0 Å². The molecule has 3 rings (SSSR count). The van der Waals surface area contributed by atoms with Gasteiger partial charge in [0.2, 0.25) is 6.10 Å². The van der Waals surface area contributed by atoms with Gasteiger partial charge in [0.25, 0.3) is 5.91 Å². The Morgan fingerprint density at radius 2 is 2.23 bits per heavy atom. The van der Waals surface area contributed by atoms with Crippen LogP contribution in [0.1, 0.15) is 12.0 Å². The van der Waals surface area contributed by atoms with Crippen LogP contribution in [-0.4, -0.2) is 22.7 Å². The van der Waals surface area contributed by atoms with Gasteiger partial charge in [-0.25, -0.2) is 4.98 Å². The Kier molecular flexibility index (Phi) is 4.40. The molecule has 22 heavy (non-hydrogen) atoms. The molecule has 1 aliphatic rings. The number of hydrogen-bond donors (Lipinski definition) is 1. The number of pyridine rings is 1. The summed E-state index contributed by atoms with van der Waals surface area (Å²) in [6.07, 6.45) is 1.22. The summed E-state index contributed by atoms with van der Waals surface area (Å²) >= 11 is 9.16. The lowest BCUT2D eigenvalue weighted by molar-refractivity contribution is -0.125. The average molecular weight is 381 g/mol. The van der Waals surface area contributed by atoms with E-state index in [1.54, 1.807) is 12.1 Å². The van der Waals surface area contributed by atoms with Gasteiger partial charge >= 0.3 is 0 Å². The van der Waals surface area contributed by atoms with Crippen LogP contribution in [0.25, 0.3) is 0 Å². The number of aromatic nitrogens is 1. The summed E-state index contributed by atoms with van der Waals surface area (Å²) in [5.74, 6) is 0.137. The highest BCUT2D eigenvalue weighted by atomic mass is 79.9. The normalized spacial score (nSPS) is 16.8. The Bertz CT molecular complexity index is 734. The summed E-state index contributed by atoms with van der Waals surface area (Å²) in [5.41, 5.74) is 1.67. The molecule has 2 aromatic rings. The molecule has 0 radical (unpaired) electrons. The smallest absolute Gasteiger partial charge is 0.269 e. The molecule has 1 aromatic heterocycles. The Labute approximate surface area is 140 Å². The third-order valence-corrected chi connectivity index (χ3v) is 3.81. The number of anilines is 1. The molecule has 1 aliphatic heterocycles. The van der Waals surface area contributed by atoms with Crippen LogP contribution in [0.15, 0.2) is 52.2 Å². The van der Waals surface area contributed by atoms with Crippen LogP contribution in [0, 0.1) is 0 Å². The Balaban J connectivity index is 1.64. The maximum atomic E-state index is 12.2. The lowest BCUT2D eigenvalue weighted by Gasteiger charge is -2.08. The molecule has 0 bridgehead atoms. The van der Waals surface area contributed by atoms with Crippen molar-refractivity contribution in [1.29, 1.82) is 0 Å².